The van der Waals surface area contributed by atoms with Gasteiger partial charge in [-0.05, 0) is 19.9 Å². The first-order valence-corrected chi connectivity index (χ1v) is 7.66. The number of hydrogen-bond donors (Lipinski definition) is 0. The third-order valence-corrected chi connectivity index (χ3v) is 4.34. The smallest absolute Gasteiger partial charge is 0.266 e. The van der Waals surface area contributed by atoms with Gasteiger partial charge >= 0.3 is 0 Å². The van der Waals surface area contributed by atoms with E-state index in [0.717, 1.165) is 36.0 Å². The fourth-order valence-corrected chi connectivity index (χ4v) is 3.16. The van der Waals surface area contributed by atoms with E-state index in [-0.39, 0.29) is 5.56 Å². The van der Waals surface area contributed by atoms with Gasteiger partial charge in [-0.3, -0.25) is 9.69 Å². The molecule has 0 N–H and O–H groups in total. The first-order chi connectivity index (χ1) is 9.60. The normalized spacial score (nSPS) is 16.3. The topological polar surface area (TPSA) is 51.0 Å². The van der Waals surface area contributed by atoms with Crippen LogP contribution in [0.3, 0.4) is 0 Å². The maximum absolute atomic E-state index is 11.7. The van der Waals surface area contributed by atoms with Crippen LogP contribution in [-0.4, -0.2) is 32.8 Å². The van der Waals surface area contributed by atoms with Crippen LogP contribution in [0.2, 0.25) is 0 Å². The highest BCUT2D eigenvalue weighted by Gasteiger charge is 2.27. The van der Waals surface area contributed by atoms with E-state index < -0.39 is 0 Å². The molecule has 0 unspecified atom stereocenters. The zero-order valence-electron chi connectivity index (χ0n) is 11.7. The van der Waals surface area contributed by atoms with E-state index in [1.807, 2.05) is 13.8 Å². The lowest BCUT2D eigenvalue weighted by Crippen LogP contribution is -2.48. The summed E-state index contributed by atoms with van der Waals surface area (Å²) in [4.78, 5) is 18.5. The Kier molecular flexibility index (Phi) is 3.67. The molecule has 2 aromatic rings. The van der Waals surface area contributed by atoms with Crippen LogP contribution in [0.1, 0.15) is 16.4 Å². The molecule has 0 saturated carbocycles. The Balaban J connectivity index is 1.53. The lowest BCUT2D eigenvalue weighted by Gasteiger charge is -2.38. The molecule has 0 radical (unpaired) electrons. The summed E-state index contributed by atoms with van der Waals surface area (Å²) in [6.45, 7) is 7.60. The summed E-state index contributed by atoms with van der Waals surface area (Å²) >= 11 is 1.69. The maximum Gasteiger partial charge on any atom is 0.266 e. The van der Waals surface area contributed by atoms with Gasteiger partial charge in [-0.2, -0.15) is 5.10 Å². The highest BCUT2D eigenvalue weighted by atomic mass is 32.1. The van der Waals surface area contributed by atoms with Gasteiger partial charge in [-0.25, -0.2) is 9.67 Å². The molecule has 106 valence electrons. The fourth-order valence-electron chi connectivity index (χ4n) is 2.56. The van der Waals surface area contributed by atoms with Crippen molar-refractivity contribution >= 4 is 11.3 Å². The molecule has 3 heterocycles. The van der Waals surface area contributed by atoms with Crippen molar-refractivity contribution in [3.63, 3.8) is 0 Å². The average molecular weight is 290 g/mol. The minimum absolute atomic E-state index is 0.0100. The predicted molar refractivity (Wildman–Crippen MR) is 78.9 cm³/mol. The minimum Gasteiger partial charge on any atom is -0.297 e. The van der Waals surface area contributed by atoms with Crippen molar-refractivity contribution in [3.8, 4) is 0 Å². The van der Waals surface area contributed by atoms with E-state index in [1.54, 1.807) is 28.2 Å². The molecular formula is C14H18N4OS. The van der Waals surface area contributed by atoms with Crippen molar-refractivity contribution in [3.05, 3.63) is 44.3 Å². The molecule has 20 heavy (non-hydrogen) atoms. The van der Waals surface area contributed by atoms with Crippen molar-refractivity contribution in [2.24, 2.45) is 5.92 Å². The number of rotatable bonds is 4. The third kappa shape index (κ3) is 2.96. The summed E-state index contributed by atoms with van der Waals surface area (Å²) in [5.74, 6) is 0.515. The lowest BCUT2D eigenvalue weighted by atomic mass is 10.00. The maximum atomic E-state index is 11.7. The molecule has 1 aliphatic rings. The van der Waals surface area contributed by atoms with E-state index in [0.29, 0.717) is 12.5 Å². The van der Waals surface area contributed by atoms with Gasteiger partial charge in [-0.1, -0.05) is 0 Å². The Morgan fingerprint density at radius 3 is 2.85 bits per heavy atom. The minimum atomic E-state index is -0.0100. The molecule has 5 nitrogen and oxygen atoms in total. The second-order valence-corrected chi connectivity index (χ2v) is 6.48. The highest BCUT2D eigenvalue weighted by Crippen LogP contribution is 2.20. The Hall–Kier alpha value is -1.53. The molecule has 2 aromatic heterocycles. The van der Waals surface area contributed by atoms with Crippen molar-refractivity contribution in [2.75, 3.05) is 13.1 Å². The molecule has 0 aromatic carbocycles. The van der Waals surface area contributed by atoms with E-state index in [9.17, 15) is 4.79 Å². The van der Waals surface area contributed by atoms with E-state index >= 15 is 0 Å². The number of hydrogen-bond acceptors (Lipinski definition) is 5. The van der Waals surface area contributed by atoms with Gasteiger partial charge in [0.05, 0.1) is 22.9 Å². The lowest BCUT2D eigenvalue weighted by molar-refractivity contribution is 0.0754. The number of thiazole rings is 1. The Bertz CT molecular complexity index is 657. The molecule has 0 atom stereocenters. The van der Waals surface area contributed by atoms with Crippen LogP contribution in [0, 0.1) is 19.8 Å². The first kappa shape index (κ1) is 13.5. The number of nitrogens with zero attached hydrogens (tertiary/aromatic N) is 4. The van der Waals surface area contributed by atoms with Gasteiger partial charge in [0.1, 0.15) is 0 Å². The Labute approximate surface area is 121 Å². The van der Waals surface area contributed by atoms with Crippen molar-refractivity contribution in [1.82, 2.24) is 19.7 Å². The zero-order chi connectivity index (χ0) is 14.1. The summed E-state index contributed by atoms with van der Waals surface area (Å²) in [6.07, 6.45) is 0. The second kappa shape index (κ2) is 5.46. The van der Waals surface area contributed by atoms with Crippen LogP contribution >= 0.6 is 11.3 Å². The van der Waals surface area contributed by atoms with Gasteiger partial charge in [0.15, 0.2) is 0 Å². The van der Waals surface area contributed by atoms with Crippen LogP contribution in [-0.2, 0) is 13.1 Å². The quantitative estimate of drug-likeness (QED) is 0.855. The summed E-state index contributed by atoms with van der Waals surface area (Å²) in [5.41, 5.74) is 2.03. The van der Waals surface area contributed by atoms with Crippen molar-refractivity contribution in [2.45, 2.75) is 26.9 Å². The van der Waals surface area contributed by atoms with Crippen LogP contribution in [0.25, 0.3) is 0 Å². The predicted octanol–water partition coefficient (Wildman–Crippen LogP) is 1.45. The van der Waals surface area contributed by atoms with Crippen LogP contribution < -0.4 is 5.56 Å². The molecule has 0 bridgehead atoms. The molecule has 6 heteroatoms. The third-order valence-electron chi connectivity index (χ3n) is 3.52. The molecule has 1 aliphatic heterocycles. The van der Waals surface area contributed by atoms with Crippen LogP contribution in [0.15, 0.2) is 22.3 Å². The monoisotopic (exact) mass is 290 g/mol. The second-order valence-electron chi connectivity index (χ2n) is 5.41. The molecule has 0 spiro atoms. The zero-order valence-corrected chi connectivity index (χ0v) is 12.6. The highest BCUT2D eigenvalue weighted by molar-refractivity contribution is 7.09. The molecule has 3 rings (SSSR count). The van der Waals surface area contributed by atoms with Crippen LogP contribution in [0.5, 0.6) is 0 Å². The van der Waals surface area contributed by atoms with Gasteiger partial charge in [0.25, 0.3) is 5.56 Å². The summed E-state index contributed by atoms with van der Waals surface area (Å²) < 4.78 is 1.59. The van der Waals surface area contributed by atoms with Gasteiger partial charge < -0.3 is 0 Å². The number of likely N-dealkylation sites (tertiary alicyclic amines) is 1. The standard InChI is InChI=1S/C14H18N4OS/c1-10-3-4-14(19)18(16-10)7-12-5-17(6-12)8-13-9-20-11(2)15-13/h3-4,9,12H,5-8H2,1-2H3. The van der Waals surface area contributed by atoms with E-state index in [4.69, 9.17) is 0 Å². The van der Waals surface area contributed by atoms with Crippen molar-refractivity contribution < 1.29 is 0 Å². The number of aryl methyl sites for hydroxylation is 2. The largest absolute Gasteiger partial charge is 0.297 e. The average Bonchev–Trinajstić information content (AvgIpc) is 2.76. The summed E-state index contributed by atoms with van der Waals surface area (Å²) in [5, 5.41) is 7.52. The van der Waals surface area contributed by atoms with Gasteiger partial charge in [0.2, 0.25) is 0 Å². The SMILES string of the molecule is Cc1ccc(=O)n(CC2CN(Cc3csc(C)n3)C2)n1. The number of aromatic nitrogens is 3. The first-order valence-electron chi connectivity index (χ1n) is 6.78. The molecular weight excluding hydrogens is 272 g/mol. The molecule has 1 fully saturated rings. The summed E-state index contributed by atoms with van der Waals surface area (Å²) in [6, 6.07) is 3.35. The fraction of sp³-hybridized carbons (Fsp3) is 0.500. The van der Waals surface area contributed by atoms with E-state index in [1.165, 1.54) is 0 Å². The summed E-state index contributed by atoms with van der Waals surface area (Å²) in [7, 11) is 0. The van der Waals surface area contributed by atoms with E-state index in [2.05, 4.69) is 20.4 Å². The Morgan fingerprint density at radius 2 is 2.15 bits per heavy atom. The van der Waals surface area contributed by atoms with Gasteiger partial charge in [-0.15, -0.1) is 11.3 Å². The van der Waals surface area contributed by atoms with Gasteiger partial charge in [0, 0.05) is 37.0 Å². The van der Waals surface area contributed by atoms with Crippen molar-refractivity contribution in [1.29, 1.82) is 0 Å². The Morgan fingerprint density at radius 1 is 1.35 bits per heavy atom. The molecule has 1 saturated heterocycles. The molecule has 0 amide bonds. The molecule has 0 aliphatic carbocycles. The van der Waals surface area contributed by atoms with Crippen LogP contribution in [0.4, 0.5) is 0 Å².